The standard InChI is InChI=1S/C62H55Br2N15O7S4/c1-8-78(9-2)43-23-25-49(74-76-58-48(34-65)55(90(84,85)86)54(89-58)33-47(37(6)81)57(83)68-42-22-16-20-40(64)28-42)51(29-43)69-60-71-61(73-62(72-60)87-35-38-17-13-12-14-18-38)70-52-30-44(79(10-3)11-4)24-26-50(52)75-77-59-53(66-7)32-45(88-59)31-46(36(5)80)56(82)67-41-21-15-19-39(63)27-41/h12-33H,8-11,35H2,1-6H3,(H,67,82)(H,68,83)(H,84,85,86)(H2,69,70,71,72,73)/b46-31+,47-33-,76-74+,77-75+. The van der Waals surface area contributed by atoms with Crippen LogP contribution in [0.2, 0.25) is 0 Å². The van der Waals surface area contributed by atoms with Crippen LogP contribution in [0.15, 0.2) is 172 Å². The van der Waals surface area contributed by atoms with Crippen LogP contribution in [0.1, 0.15) is 62.4 Å². The predicted molar refractivity (Wildman–Crippen MR) is 363 cm³/mol. The maximum absolute atomic E-state index is 13.5. The van der Waals surface area contributed by atoms with E-state index in [2.05, 4.69) is 88.2 Å². The van der Waals surface area contributed by atoms with Crippen LogP contribution in [0.25, 0.3) is 17.0 Å². The molecule has 22 nitrogen and oxygen atoms in total. The van der Waals surface area contributed by atoms with Crippen molar-refractivity contribution in [3.8, 4) is 6.07 Å². The van der Waals surface area contributed by atoms with Gasteiger partial charge >= 0.3 is 0 Å². The minimum absolute atomic E-state index is 0.0447. The lowest BCUT2D eigenvalue weighted by Crippen LogP contribution is -2.21. The number of aromatic nitrogens is 3. The summed E-state index contributed by atoms with van der Waals surface area (Å²) in [6.07, 6.45) is 2.40. The Morgan fingerprint density at radius 1 is 0.678 bits per heavy atom. The van der Waals surface area contributed by atoms with Crippen molar-refractivity contribution in [2.75, 3.05) is 57.2 Å². The normalized spacial score (nSPS) is 11.7. The topological polar surface area (TPSA) is 294 Å². The number of anilines is 8. The lowest BCUT2D eigenvalue weighted by Gasteiger charge is -2.22. The minimum atomic E-state index is -5.17. The van der Waals surface area contributed by atoms with Crippen molar-refractivity contribution in [3.05, 3.63) is 174 Å². The summed E-state index contributed by atoms with van der Waals surface area (Å²) in [5.74, 6) is -2.13. The summed E-state index contributed by atoms with van der Waals surface area (Å²) < 4.78 is 38.0. The molecule has 0 saturated carbocycles. The first kappa shape index (κ1) is 66.8. The van der Waals surface area contributed by atoms with E-state index in [-0.39, 0.29) is 43.7 Å². The number of carbonyl (C=O) groups is 4. The molecule has 0 aliphatic heterocycles. The zero-order valence-corrected chi connectivity index (χ0v) is 55.4. The average Bonchev–Trinajstić information content (AvgIpc) is 1.68. The maximum Gasteiger partial charge on any atom is 0.297 e. The highest BCUT2D eigenvalue weighted by atomic mass is 79.9. The molecular weight excluding hydrogens is 1350 g/mol. The molecular formula is C62H55Br2N15O7S4. The molecule has 0 radical (unpaired) electrons. The molecule has 5 aromatic carbocycles. The van der Waals surface area contributed by atoms with Crippen molar-refractivity contribution < 1.29 is 32.1 Å². The second-order valence-electron chi connectivity index (χ2n) is 19.1. The number of benzene rings is 5. The molecule has 8 aromatic rings. The van der Waals surface area contributed by atoms with Gasteiger partial charge in [-0.2, -0.15) is 33.7 Å². The Kier molecular flexibility index (Phi) is 22.9. The minimum Gasteiger partial charge on any atom is -0.372 e. The van der Waals surface area contributed by atoms with Crippen LogP contribution in [0, 0.1) is 17.9 Å². The summed E-state index contributed by atoms with van der Waals surface area (Å²) in [4.78, 5) is 74.4. The van der Waals surface area contributed by atoms with Crippen LogP contribution in [-0.2, 0) is 35.0 Å². The highest BCUT2D eigenvalue weighted by molar-refractivity contribution is 9.10. The maximum atomic E-state index is 13.5. The molecule has 0 unspecified atom stereocenters. The number of nitriles is 1. The molecule has 0 spiro atoms. The number of carbonyl (C=O) groups excluding carboxylic acids is 4. The molecule has 0 saturated heterocycles. The first-order valence-electron chi connectivity index (χ1n) is 27.4. The third kappa shape index (κ3) is 17.4. The van der Waals surface area contributed by atoms with Gasteiger partial charge in [0.2, 0.25) is 17.6 Å². The van der Waals surface area contributed by atoms with Gasteiger partial charge in [-0.05, 0) is 138 Å². The molecule has 3 aromatic heterocycles. The lowest BCUT2D eigenvalue weighted by atomic mass is 10.1. The Morgan fingerprint density at radius 2 is 1.19 bits per heavy atom. The fraction of sp³-hybridized carbons (Fsp3) is 0.177. The highest BCUT2D eigenvalue weighted by Gasteiger charge is 2.29. The van der Waals surface area contributed by atoms with Gasteiger partial charge in [0.15, 0.2) is 21.7 Å². The molecule has 8 rings (SSSR count). The Hall–Kier alpha value is -9.13. The van der Waals surface area contributed by atoms with Crippen LogP contribution in [0.4, 0.5) is 73.1 Å². The Labute approximate surface area is 548 Å². The van der Waals surface area contributed by atoms with E-state index in [4.69, 9.17) is 21.5 Å². The van der Waals surface area contributed by atoms with Gasteiger partial charge in [0, 0.05) is 68.5 Å². The molecule has 2 amide bonds. The molecule has 458 valence electrons. The van der Waals surface area contributed by atoms with E-state index in [9.17, 15) is 37.4 Å². The van der Waals surface area contributed by atoms with Crippen LogP contribution in [0.3, 0.4) is 0 Å². The van der Waals surface area contributed by atoms with Crippen LogP contribution in [0.5, 0.6) is 0 Å². The number of amides is 2. The summed E-state index contributed by atoms with van der Waals surface area (Å²) in [5, 5.41) is 40.8. The molecule has 0 atom stereocenters. The highest BCUT2D eigenvalue weighted by Crippen LogP contribution is 2.44. The summed E-state index contributed by atoms with van der Waals surface area (Å²) in [6, 6.07) is 37.4. The van der Waals surface area contributed by atoms with E-state index in [0.29, 0.717) is 86.2 Å². The summed E-state index contributed by atoms with van der Waals surface area (Å²) in [5.41, 5.74) is 3.58. The Morgan fingerprint density at radius 3 is 1.66 bits per heavy atom. The van der Waals surface area contributed by atoms with Gasteiger partial charge in [0.1, 0.15) is 32.9 Å². The van der Waals surface area contributed by atoms with Crippen molar-refractivity contribution in [1.29, 1.82) is 5.26 Å². The molecule has 90 heavy (non-hydrogen) atoms. The average molecular weight is 1410 g/mol. The van der Waals surface area contributed by atoms with Gasteiger partial charge < -0.3 is 31.1 Å². The fourth-order valence-corrected chi connectivity index (χ4v) is 13.3. The van der Waals surface area contributed by atoms with Gasteiger partial charge in [-0.3, -0.25) is 23.7 Å². The van der Waals surface area contributed by atoms with Gasteiger partial charge in [-0.1, -0.05) is 86.1 Å². The Balaban J connectivity index is 1.19. The van der Waals surface area contributed by atoms with E-state index in [1.54, 1.807) is 78.9 Å². The van der Waals surface area contributed by atoms with E-state index in [0.717, 1.165) is 45.7 Å². The van der Waals surface area contributed by atoms with Gasteiger partial charge in [-0.25, -0.2) is 4.85 Å². The first-order chi connectivity index (χ1) is 43.2. The molecule has 3 heterocycles. The number of Topliss-reactive ketones (excluding diaryl/α,β-unsaturated/α-hetero) is 2. The first-order valence-corrected chi connectivity index (χ1v) is 33.1. The number of thioether (sulfide) groups is 1. The largest absolute Gasteiger partial charge is 0.372 e. The van der Waals surface area contributed by atoms with Crippen molar-refractivity contribution in [1.82, 2.24) is 15.0 Å². The number of rotatable bonds is 26. The van der Waals surface area contributed by atoms with Crippen LogP contribution in [-0.4, -0.2) is 77.5 Å². The van der Waals surface area contributed by atoms with Crippen molar-refractivity contribution in [2.45, 2.75) is 57.3 Å². The smallest absolute Gasteiger partial charge is 0.297 e. The van der Waals surface area contributed by atoms with Crippen molar-refractivity contribution in [3.63, 3.8) is 0 Å². The quantitative estimate of drug-likeness (QED) is 0.00640. The van der Waals surface area contributed by atoms with E-state index >= 15 is 0 Å². The van der Waals surface area contributed by atoms with Crippen molar-refractivity contribution >= 4 is 185 Å². The van der Waals surface area contributed by atoms with E-state index in [1.165, 1.54) is 30.8 Å². The number of ketones is 2. The molecule has 0 aliphatic carbocycles. The molecule has 0 aliphatic rings. The summed E-state index contributed by atoms with van der Waals surface area (Å²) in [6.45, 7) is 21.0. The molecule has 0 bridgehead atoms. The fourth-order valence-electron chi connectivity index (χ4n) is 8.70. The zero-order valence-electron chi connectivity index (χ0n) is 48.9. The number of azo groups is 2. The van der Waals surface area contributed by atoms with Crippen LogP contribution >= 0.6 is 66.3 Å². The second-order valence-corrected chi connectivity index (χ2v) is 25.3. The summed E-state index contributed by atoms with van der Waals surface area (Å²) >= 11 is 9.75. The van der Waals surface area contributed by atoms with Gasteiger partial charge in [0.25, 0.3) is 21.9 Å². The Bertz CT molecular complexity index is 4380. The predicted octanol–water partition coefficient (Wildman–Crippen LogP) is 16.7. The summed E-state index contributed by atoms with van der Waals surface area (Å²) in [7, 11) is -5.17. The number of thiophene rings is 2. The zero-order chi connectivity index (χ0) is 64.6. The number of hydrogen-bond donors (Lipinski definition) is 5. The molecule has 28 heteroatoms. The number of hydrogen-bond acceptors (Lipinski definition) is 21. The SMILES string of the molecule is [C-]#[N+]c1cc(/C=C(\C(C)=O)C(=O)Nc2cccc(Br)c2)sc1/N=N/c1ccc(N(CC)CC)cc1Nc1nc(Nc2cc(N(CC)CC)ccc2/N=N/c2sc(/C=C(/C(C)=O)C(=O)Nc3cccc(Br)c3)c(S(=O)(=O)O)c2C#N)nc(SCc2ccccc2)n1. The molecule has 5 N–H and O–H groups in total. The van der Waals surface area contributed by atoms with Crippen molar-refractivity contribution in [2.24, 2.45) is 20.5 Å². The number of halogens is 2. The second kappa shape index (κ2) is 30.9. The third-order valence-electron chi connectivity index (χ3n) is 13.1. The number of nitrogens with one attached hydrogen (secondary N) is 4. The molecule has 0 fully saturated rings. The van der Waals surface area contributed by atoms with Gasteiger partial charge in [-0.15, -0.1) is 38.0 Å². The van der Waals surface area contributed by atoms with Crippen LogP contribution < -0.4 is 31.1 Å². The lowest BCUT2D eigenvalue weighted by molar-refractivity contribution is -0.120. The van der Waals surface area contributed by atoms with E-state index < -0.39 is 49.5 Å². The number of nitrogens with zero attached hydrogens (tertiary/aromatic N) is 11. The van der Waals surface area contributed by atoms with E-state index in [1.807, 2.05) is 70.2 Å². The third-order valence-corrected chi connectivity index (χ3v) is 18.0. The monoisotopic (exact) mass is 1410 g/mol. The van der Waals surface area contributed by atoms with Gasteiger partial charge in [0.05, 0.1) is 34.0 Å².